The SMILES string of the molecule is CNCCCCCCc1cc2c(cc1Cl)OCCCO2. The van der Waals surface area contributed by atoms with Crippen LogP contribution in [0.4, 0.5) is 0 Å². The van der Waals surface area contributed by atoms with Gasteiger partial charge >= 0.3 is 0 Å². The molecule has 3 nitrogen and oxygen atoms in total. The van der Waals surface area contributed by atoms with E-state index >= 15 is 0 Å². The Balaban J connectivity index is 1.86. The van der Waals surface area contributed by atoms with Gasteiger partial charge < -0.3 is 14.8 Å². The fourth-order valence-electron chi connectivity index (χ4n) is 2.39. The molecular formula is C16H24ClNO2. The lowest BCUT2D eigenvalue weighted by atomic mass is 10.1. The molecule has 0 aliphatic carbocycles. The van der Waals surface area contributed by atoms with Crippen molar-refractivity contribution in [2.24, 2.45) is 0 Å². The van der Waals surface area contributed by atoms with Crippen LogP contribution in [0.15, 0.2) is 12.1 Å². The van der Waals surface area contributed by atoms with Crippen LogP contribution in [-0.2, 0) is 6.42 Å². The molecule has 0 fully saturated rings. The van der Waals surface area contributed by atoms with Gasteiger partial charge in [-0.15, -0.1) is 0 Å². The maximum absolute atomic E-state index is 6.33. The molecule has 0 unspecified atom stereocenters. The molecule has 0 spiro atoms. The Hall–Kier alpha value is -0.930. The van der Waals surface area contributed by atoms with E-state index in [2.05, 4.69) is 11.4 Å². The molecule has 0 radical (unpaired) electrons. The van der Waals surface area contributed by atoms with Gasteiger partial charge in [0.15, 0.2) is 11.5 Å². The van der Waals surface area contributed by atoms with Gasteiger partial charge in [0.25, 0.3) is 0 Å². The highest BCUT2D eigenvalue weighted by molar-refractivity contribution is 6.31. The van der Waals surface area contributed by atoms with Gasteiger partial charge in [-0.1, -0.05) is 24.4 Å². The number of fused-ring (bicyclic) bond motifs is 1. The number of unbranched alkanes of at least 4 members (excludes halogenated alkanes) is 3. The molecule has 0 saturated heterocycles. The van der Waals surface area contributed by atoms with E-state index in [-0.39, 0.29) is 0 Å². The van der Waals surface area contributed by atoms with E-state index in [1.165, 1.54) is 31.2 Å². The average Bonchev–Trinajstić information content (AvgIpc) is 2.67. The first-order chi connectivity index (χ1) is 9.81. The van der Waals surface area contributed by atoms with Crippen molar-refractivity contribution in [1.29, 1.82) is 0 Å². The molecule has 0 aromatic heterocycles. The molecule has 1 aliphatic rings. The van der Waals surface area contributed by atoms with Crippen molar-refractivity contribution in [2.45, 2.75) is 38.5 Å². The summed E-state index contributed by atoms with van der Waals surface area (Å²) in [6.07, 6.45) is 6.85. The van der Waals surface area contributed by atoms with Crippen molar-refractivity contribution in [3.8, 4) is 11.5 Å². The quantitative estimate of drug-likeness (QED) is 0.776. The maximum atomic E-state index is 6.33. The summed E-state index contributed by atoms with van der Waals surface area (Å²) in [5.74, 6) is 1.63. The normalized spacial score (nSPS) is 14.1. The minimum absolute atomic E-state index is 0.703. The topological polar surface area (TPSA) is 30.5 Å². The molecule has 112 valence electrons. The first kappa shape index (κ1) is 15.5. The summed E-state index contributed by atoms with van der Waals surface area (Å²) in [7, 11) is 2.00. The maximum Gasteiger partial charge on any atom is 0.162 e. The summed E-state index contributed by atoms with van der Waals surface area (Å²) >= 11 is 6.33. The van der Waals surface area contributed by atoms with Crippen LogP contribution >= 0.6 is 11.6 Å². The van der Waals surface area contributed by atoms with Crippen LogP contribution in [-0.4, -0.2) is 26.8 Å². The minimum atomic E-state index is 0.703. The molecule has 0 amide bonds. The molecule has 2 rings (SSSR count). The standard InChI is InChI=1S/C16H24ClNO2/c1-18-8-5-3-2-4-7-13-11-15-16(12-14(13)17)20-10-6-9-19-15/h11-12,18H,2-10H2,1H3. The van der Waals surface area contributed by atoms with E-state index in [9.17, 15) is 0 Å². The second kappa shape index (κ2) is 8.38. The van der Waals surface area contributed by atoms with Gasteiger partial charge in [-0.3, -0.25) is 0 Å². The van der Waals surface area contributed by atoms with Crippen LogP contribution < -0.4 is 14.8 Å². The Morgan fingerprint density at radius 2 is 1.75 bits per heavy atom. The monoisotopic (exact) mass is 297 g/mol. The zero-order chi connectivity index (χ0) is 14.2. The number of benzene rings is 1. The zero-order valence-electron chi connectivity index (χ0n) is 12.2. The summed E-state index contributed by atoms with van der Waals surface area (Å²) < 4.78 is 11.3. The molecule has 1 heterocycles. The fraction of sp³-hybridized carbons (Fsp3) is 0.625. The van der Waals surface area contributed by atoms with Crippen molar-refractivity contribution in [3.63, 3.8) is 0 Å². The van der Waals surface area contributed by atoms with Gasteiger partial charge in [-0.25, -0.2) is 0 Å². The smallest absolute Gasteiger partial charge is 0.162 e. The van der Waals surface area contributed by atoms with Crippen molar-refractivity contribution >= 4 is 11.6 Å². The summed E-state index contributed by atoms with van der Waals surface area (Å²) in [5.41, 5.74) is 1.17. The van der Waals surface area contributed by atoms with Crippen LogP contribution in [0, 0.1) is 0 Å². The lowest BCUT2D eigenvalue weighted by molar-refractivity contribution is 0.297. The number of hydrogen-bond donors (Lipinski definition) is 1. The molecular weight excluding hydrogens is 274 g/mol. The number of rotatable bonds is 7. The highest BCUT2D eigenvalue weighted by atomic mass is 35.5. The Morgan fingerprint density at radius 1 is 1.05 bits per heavy atom. The van der Waals surface area contributed by atoms with E-state index in [4.69, 9.17) is 21.1 Å². The van der Waals surface area contributed by atoms with E-state index < -0.39 is 0 Å². The molecule has 1 N–H and O–H groups in total. The zero-order valence-corrected chi connectivity index (χ0v) is 13.0. The Kier molecular flexibility index (Phi) is 6.48. The number of nitrogens with one attached hydrogen (secondary N) is 1. The third kappa shape index (κ3) is 4.57. The summed E-state index contributed by atoms with van der Waals surface area (Å²) in [4.78, 5) is 0. The Bertz CT molecular complexity index is 423. The molecule has 20 heavy (non-hydrogen) atoms. The fourth-order valence-corrected chi connectivity index (χ4v) is 2.64. The number of hydrogen-bond acceptors (Lipinski definition) is 3. The predicted octanol–water partition coefficient (Wildman–Crippen LogP) is 3.82. The number of ether oxygens (including phenoxy) is 2. The van der Waals surface area contributed by atoms with Gasteiger partial charge in [-0.2, -0.15) is 0 Å². The van der Waals surface area contributed by atoms with Crippen LogP contribution in [0.25, 0.3) is 0 Å². The van der Waals surface area contributed by atoms with E-state index in [1.54, 1.807) is 0 Å². The summed E-state index contributed by atoms with van der Waals surface area (Å²) in [5, 5.41) is 3.97. The Labute approximate surface area is 126 Å². The number of halogens is 1. The van der Waals surface area contributed by atoms with Gasteiger partial charge in [0.05, 0.1) is 13.2 Å². The number of aryl methyl sites for hydroxylation is 1. The first-order valence-corrected chi connectivity index (χ1v) is 7.91. The van der Waals surface area contributed by atoms with E-state index in [1.807, 2.05) is 13.1 Å². The van der Waals surface area contributed by atoms with Gasteiger partial charge in [0.2, 0.25) is 0 Å². The second-order valence-electron chi connectivity index (χ2n) is 5.21. The van der Waals surface area contributed by atoms with Gasteiger partial charge in [-0.05, 0) is 44.5 Å². The molecule has 1 aliphatic heterocycles. The predicted molar refractivity (Wildman–Crippen MR) is 83.2 cm³/mol. The molecule has 1 aromatic rings. The summed E-state index contributed by atoms with van der Waals surface area (Å²) in [6.45, 7) is 2.52. The molecule has 0 atom stereocenters. The lowest BCUT2D eigenvalue weighted by Crippen LogP contribution is -2.06. The van der Waals surface area contributed by atoms with Crippen molar-refractivity contribution < 1.29 is 9.47 Å². The molecule has 4 heteroatoms. The van der Waals surface area contributed by atoms with Gasteiger partial charge in [0, 0.05) is 17.5 Å². The largest absolute Gasteiger partial charge is 0.490 e. The van der Waals surface area contributed by atoms with Crippen molar-refractivity contribution in [2.75, 3.05) is 26.8 Å². The summed E-state index contributed by atoms with van der Waals surface area (Å²) in [6, 6.07) is 3.95. The first-order valence-electron chi connectivity index (χ1n) is 7.54. The van der Waals surface area contributed by atoms with Crippen LogP contribution in [0.3, 0.4) is 0 Å². The van der Waals surface area contributed by atoms with E-state index in [0.29, 0.717) is 6.61 Å². The highest BCUT2D eigenvalue weighted by Crippen LogP contribution is 2.35. The van der Waals surface area contributed by atoms with Crippen LogP contribution in [0.1, 0.15) is 37.7 Å². The average molecular weight is 298 g/mol. The van der Waals surface area contributed by atoms with Crippen molar-refractivity contribution in [3.05, 3.63) is 22.7 Å². The highest BCUT2D eigenvalue weighted by Gasteiger charge is 2.13. The third-order valence-corrected chi connectivity index (χ3v) is 3.89. The third-order valence-electron chi connectivity index (χ3n) is 3.54. The second-order valence-corrected chi connectivity index (χ2v) is 5.62. The lowest BCUT2D eigenvalue weighted by Gasteiger charge is -2.11. The minimum Gasteiger partial charge on any atom is -0.490 e. The molecule has 0 bridgehead atoms. The van der Waals surface area contributed by atoms with Crippen LogP contribution in [0.5, 0.6) is 11.5 Å². The van der Waals surface area contributed by atoms with Crippen LogP contribution in [0.2, 0.25) is 5.02 Å². The van der Waals surface area contributed by atoms with Gasteiger partial charge in [0.1, 0.15) is 0 Å². The van der Waals surface area contributed by atoms with Crippen molar-refractivity contribution in [1.82, 2.24) is 5.32 Å². The van der Waals surface area contributed by atoms with E-state index in [0.717, 1.165) is 42.5 Å². The molecule has 0 saturated carbocycles. The molecule has 1 aromatic carbocycles. The Morgan fingerprint density at radius 3 is 2.50 bits per heavy atom.